The summed E-state index contributed by atoms with van der Waals surface area (Å²) in [5.74, 6) is -0.548. The molecule has 0 spiro atoms. The number of carbonyl (C=O) groups is 3. The first-order valence-electron chi connectivity index (χ1n) is 13.6. The average molecular weight is 562 g/mol. The standard InChI is InChI=1S/C31H35N3O5S/c1-30(2,3)39-27(35)17-31(15-22-11-7-8-12-23(22)16-31)28(36)32-18-26-33-24-13-14-34(19-25(24)40-26)29(37)38-20-21-9-5-4-6-10-21/h4-12H,13-20H2,1-3H3,(H,32,36). The highest BCUT2D eigenvalue weighted by Gasteiger charge is 2.46. The van der Waals surface area contributed by atoms with Gasteiger partial charge in [-0.25, -0.2) is 9.78 Å². The molecule has 0 saturated carbocycles. The molecule has 1 aliphatic heterocycles. The molecular formula is C31H35N3O5S. The number of thiazole rings is 1. The number of carbonyl (C=O) groups excluding carboxylic acids is 3. The largest absolute Gasteiger partial charge is 0.460 e. The summed E-state index contributed by atoms with van der Waals surface area (Å²) in [6.07, 6.45) is 1.28. The maximum atomic E-state index is 13.7. The second-order valence-corrected chi connectivity index (χ2v) is 12.7. The number of ether oxygens (including phenoxy) is 2. The number of benzene rings is 2. The Morgan fingerprint density at radius 3 is 2.38 bits per heavy atom. The highest BCUT2D eigenvalue weighted by atomic mass is 32.1. The maximum Gasteiger partial charge on any atom is 0.410 e. The van der Waals surface area contributed by atoms with Gasteiger partial charge in [0, 0.05) is 17.8 Å². The molecule has 0 bridgehead atoms. The molecule has 1 aliphatic carbocycles. The Morgan fingerprint density at radius 2 is 1.70 bits per heavy atom. The fourth-order valence-corrected chi connectivity index (χ4v) is 6.42. The number of nitrogens with one attached hydrogen (secondary N) is 1. The summed E-state index contributed by atoms with van der Waals surface area (Å²) < 4.78 is 11.1. The number of hydrogen-bond acceptors (Lipinski definition) is 7. The first kappa shape index (κ1) is 27.8. The summed E-state index contributed by atoms with van der Waals surface area (Å²) in [6, 6.07) is 17.6. The first-order chi connectivity index (χ1) is 19.1. The van der Waals surface area contributed by atoms with Gasteiger partial charge in [-0.15, -0.1) is 11.3 Å². The summed E-state index contributed by atoms with van der Waals surface area (Å²) >= 11 is 1.50. The van der Waals surface area contributed by atoms with Crippen LogP contribution in [0.2, 0.25) is 0 Å². The lowest BCUT2D eigenvalue weighted by atomic mass is 9.80. The molecule has 2 amide bonds. The predicted octanol–water partition coefficient (Wildman–Crippen LogP) is 4.97. The van der Waals surface area contributed by atoms with E-state index < -0.39 is 11.0 Å². The molecule has 2 heterocycles. The molecule has 8 nitrogen and oxygen atoms in total. The third kappa shape index (κ3) is 6.53. The van der Waals surface area contributed by atoms with Gasteiger partial charge in [-0.1, -0.05) is 54.6 Å². The van der Waals surface area contributed by atoms with E-state index in [2.05, 4.69) is 5.32 Å². The second-order valence-electron chi connectivity index (χ2n) is 11.5. The number of aromatic nitrogens is 1. The topological polar surface area (TPSA) is 97.8 Å². The Bertz CT molecular complexity index is 1370. The van der Waals surface area contributed by atoms with Crippen LogP contribution in [0, 0.1) is 5.41 Å². The van der Waals surface area contributed by atoms with Crippen LogP contribution >= 0.6 is 11.3 Å². The zero-order valence-corrected chi connectivity index (χ0v) is 24.0. The Morgan fingerprint density at radius 1 is 1.02 bits per heavy atom. The summed E-state index contributed by atoms with van der Waals surface area (Å²) in [7, 11) is 0. The van der Waals surface area contributed by atoms with Crippen molar-refractivity contribution >= 4 is 29.3 Å². The summed E-state index contributed by atoms with van der Waals surface area (Å²) in [6.45, 7) is 6.96. The molecule has 9 heteroatoms. The number of nitrogens with zero attached hydrogens (tertiary/aromatic N) is 2. The number of rotatable bonds is 7. The predicted molar refractivity (Wildman–Crippen MR) is 151 cm³/mol. The molecule has 0 fully saturated rings. The molecule has 0 saturated heterocycles. The van der Waals surface area contributed by atoms with Crippen LogP contribution in [0.15, 0.2) is 54.6 Å². The van der Waals surface area contributed by atoms with Crippen LogP contribution < -0.4 is 5.32 Å². The highest BCUT2D eigenvalue weighted by molar-refractivity contribution is 7.11. The van der Waals surface area contributed by atoms with Crippen molar-refractivity contribution in [2.24, 2.45) is 5.41 Å². The number of hydrogen-bond donors (Lipinski definition) is 1. The number of amides is 2. The molecule has 2 aromatic carbocycles. The molecule has 0 atom stereocenters. The van der Waals surface area contributed by atoms with Gasteiger partial charge in [0.1, 0.15) is 17.2 Å². The molecule has 3 aromatic rings. The third-order valence-electron chi connectivity index (χ3n) is 7.20. The Kier molecular flexibility index (Phi) is 7.94. The van der Waals surface area contributed by atoms with E-state index in [-0.39, 0.29) is 37.5 Å². The lowest BCUT2D eigenvalue weighted by Gasteiger charge is -2.29. The van der Waals surface area contributed by atoms with Gasteiger partial charge in [-0.05, 0) is 50.3 Å². The Hall–Kier alpha value is -3.72. The van der Waals surface area contributed by atoms with Crippen LogP contribution in [0.1, 0.15) is 59.5 Å². The van der Waals surface area contributed by atoms with Crippen LogP contribution in [0.5, 0.6) is 0 Å². The zero-order valence-electron chi connectivity index (χ0n) is 23.2. The van der Waals surface area contributed by atoms with Gasteiger partial charge in [0.15, 0.2) is 0 Å². The molecular weight excluding hydrogens is 526 g/mol. The normalized spacial score (nSPS) is 15.6. The van der Waals surface area contributed by atoms with Crippen LogP contribution in [0.3, 0.4) is 0 Å². The lowest BCUT2D eigenvalue weighted by Crippen LogP contribution is -2.44. The monoisotopic (exact) mass is 561 g/mol. The SMILES string of the molecule is CC(C)(C)OC(=O)CC1(C(=O)NCc2nc3c(s2)CN(C(=O)OCc2ccccc2)CC3)Cc2ccccc2C1. The van der Waals surface area contributed by atoms with E-state index in [9.17, 15) is 14.4 Å². The molecule has 1 N–H and O–H groups in total. The van der Waals surface area contributed by atoms with E-state index in [1.165, 1.54) is 11.3 Å². The van der Waals surface area contributed by atoms with Crippen LogP contribution in [-0.2, 0) is 58.0 Å². The molecule has 0 radical (unpaired) electrons. The lowest BCUT2D eigenvalue weighted by molar-refractivity contribution is -0.160. The molecule has 40 heavy (non-hydrogen) atoms. The van der Waals surface area contributed by atoms with E-state index in [1.807, 2.05) is 75.4 Å². The van der Waals surface area contributed by atoms with Crippen LogP contribution in [0.25, 0.3) is 0 Å². The average Bonchev–Trinajstić information content (AvgIpc) is 3.50. The van der Waals surface area contributed by atoms with Gasteiger partial charge in [0.05, 0.1) is 30.6 Å². The highest BCUT2D eigenvalue weighted by Crippen LogP contribution is 2.41. The van der Waals surface area contributed by atoms with E-state index in [1.54, 1.807) is 4.90 Å². The molecule has 0 unspecified atom stereocenters. The van der Waals surface area contributed by atoms with Crippen molar-refractivity contribution in [1.29, 1.82) is 0 Å². The summed E-state index contributed by atoms with van der Waals surface area (Å²) in [5, 5.41) is 3.84. The van der Waals surface area contributed by atoms with Gasteiger partial charge < -0.3 is 19.7 Å². The van der Waals surface area contributed by atoms with Crippen molar-refractivity contribution in [3.05, 3.63) is 86.9 Å². The number of esters is 1. The molecule has 2 aliphatic rings. The van der Waals surface area contributed by atoms with Crippen molar-refractivity contribution in [3.8, 4) is 0 Å². The minimum absolute atomic E-state index is 0.0131. The molecule has 5 rings (SSSR count). The smallest absolute Gasteiger partial charge is 0.410 e. The Balaban J connectivity index is 1.21. The number of fused-ring (bicyclic) bond motifs is 2. The van der Waals surface area contributed by atoms with Gasteiger partial charge in [0.2, 0.25) is 5.91 Å². The van der Waals surface area contributed by atoms with Crippen molar-refractivity contribution in [2.75, 3.05) is 6.54 Å². The van der Waals surface area contributed by atoms with Gasteiger partial charge >= 0.3 is 12.1 Å². The van der Waals surface area contributed by atoms with E-state index in [4.69, 9.17) is 14.5 Å². The van der Waals surface area contributed by atoms with Crippen molar-refractivity contribution in [2.45, 2.75) is 71.8 Å². The Labute approximate surface area is 238 Å². The van der Waals surface area contributed by atoms with E-state index in [0.29, 0.717) is 32.4 Å². The van der Waals surface area contributed by atoms with Gasteiger partial charge in [-0.2, -0.15) is 0 Å². The fraction of sp³-hybridized carbons (Fsp3) is 0.419. The maximum absolute atomic E-state index is 13.7. The summed E-state index contributed by atoms with van der Waals surface area (Å²) in [5.41, 5.74) is 2.55. The van der Waals surface area contributed by atoms with Gasteiger partial charge in [0.25, 0.3) is 0 Å². The second kappa shape index (κ2) is 11.4. The van der Waals surface area contributed by atoms with Crippen molar-refractivity contribution < 1.29 is 23.9 Å². The molecule has 210 valence electrons. The minimum atomic E-state index is -0.901. The first-order valence-corrected chi connectivity index (χ1v) is 14.4. The third-order valence-corrected chi connectivity index (χ3v) is 8.28. The summed E-state index contributed by atoms with van der Waals surface area (Å²) in [4.78, 5) is 46.6. The zero-order chi connectivity index (χ0) is 28.3. The van der Waals surface area contributed by atoms with Crippen molar-refractivity contribution in [1.82, 2.24) is 15.2 Å². The fourth-order valence-electron chi connectivity index (χ4n) is 5.35. The quantitative estimate of drug-likeness (QED) is 0.409. The van der Waals surface area contributed by atoms with Crippen LogP contribution in [0.4, 0.5) is 4.79 Å². The minimum Gasteiger partial charge on any atom is -0.460 e. The van der Waals surface area contributed by atoms with Crippen LogP contribution in [-0.4, -0.2) is 40.0 Å². The van der Waals surface area contributed by atoms with Crippen molar-refractivity contribution in [3.63, 3.8) is 0 Å². The van der Waals surface area contributed by atoms with E-state index >= 15 is 0 Å². The molecule has 1 aromatic heterocycles. The van der Waals surface area contributed by atoms with Gasteiger partial charge in [-0.3, -0.25) is 9.59 Å². The van der Waals surface area contributed by atoms with E-state index in [0.717, 1.165) is 32.3 Å².